The molecule has 0 spiro atoms. The second-order valence-corrected chi connectivity index (χ2v) is 8.94. The number of aromatic nitrogens is 4. The Kier molecular flexibility index (Phi) is 9.42. The van der Waals surface area contributed by atoms with Gasteiger partial charge in [0.2, 0.25) is 6.41 Å². The maximum Gasteiger partial charge on any atom is 0.412 e. The van der Waals surface area contributed by atoms with Gasteiger partial charge in [-0.2, -0.15) is 0 Å². The van der Waals surface area contributed by atoms with Gasteiger partial charge in [0, 0.05) is 29.9 Å². The number of amides is 2. The Balaban J connectivity index is 0.00000134. The fraction of sp³-hybridized carbons (Fsp3) is 0.269. The zero-order valence-electron chi connectivity index (χ0n) is 21.5. The number of hydrogen-bond donors (Lipinski definition) is 3. The summed E-state index contributed by atoms with van der Waals surface area (Å²) in [6, 6.07) is 10.6. The van der Waals surface area contributed by atoms with Gasteiger partial charge >= 0.3 is 6.09 Å². The summed E-state index contributed by atoms with van der Waals surface area (Å²) in [5, 5.41) is 5.04. The summed E-state index contributed by atoms with van der Waals surface area (Å²) in [7, 11) is 0. The molecule has 0 radical (unpaired) electrons. The highest BCUT2D eigenvalue weighted by atomic mass is 19.3. The molecule has 206 valence electrons. The molecular formula is C26H28F3N7O3. The van der Waals surface area contributed by atoms with Crippen molar-refractivity contribution in [2.75, 3.05) is 23.8 Å². The van der Waals surface area contributed by atoms with E-state index in [4.69, 9.17) is 9.53 Å². The lowest BCUT2D eigenvalue weighted by Gasteiger charge is -2.13. The quantitative estimate of drug-likeness (QED) is 0.267. The number of imidazole rings is 1. The van der Waals surface area contributed by atoms with Crippen LogP contribution in [0.25, 0.3) is 28.3 Å². The Bertz CT molecular complexity index is 1440. The first-order valence-corrected chi connectivity index (χ1v) is 11.8. The van der Waals surface area contributed by atoms with Crippen molar-refractivity contribution in [3.8, 4) is 22.6 Å². The monoisotopic (exact) mass is 543 g/mol. The molecular weight excluding hydrogens is 515 g/mol. The van der Waals surface area contributed by atoms with Crippen molar-refractivity contribution in [1.29, 1.82) is 0 Å². The highest BCUT2D eigenvalue weighted by molar-refractivity contribution is 5.83. The molecule has 3 aromatic heterocycles. The third-order valence-corrected chi connectivity index (χ3v) is 5.05. The van der Waals surface area contributed by atoms with Crippen LogP contribution in [0.4, 0.5) is 29.5 Å². The van der Waals surface area contributed by atoms with Crippen LogP contribution in [0, 0.1) is 11.7 Å². The molecule has 0 bridgehead atoms. The Morgan fingerprint density at radius 3 is 2.62 bits per heavy atom. The highest BCUT2D eigenvalue weighted by Crippen LogP contribution is 2.27. The average Bonchev–Trinajstić information content (AvgIpc) is 3.31. The van der Waals surface area contributed by atoms with Crippen LogP contribution in [0.2, 0.25) is 0 Å². The van der Waals surface area contributed by atoms with E-state index in [-0.39, 0.29) is 30.6 Å². The van der Waals surface area contributed by atoms with Crippen molar-refractivity contribution >= 4 is 29.7 Å². The van der Waals surface area contributed by atoms with Crippen molar-refractivity contribution < 1.29 is 27.5 Å². The number of alkyl halides is 2. The summed E-state index contributed by atoms with van der Waals surface area (Å²) in [6.07, 6.45) is 3.83. The zero-order chi connectivity index (χ0) is 28.6. The summed E-state index contributed by atoms with van der Waals surface area (Å²) in [5.41, 5.74) is 7.38. The van der Waals surface area contributed by atoms with E-state index in [2.05, 4.69) is 31.3 Å². The lowest BCUT2D eigenvalue weighted by Crippen LogP contribution is -2.22. The van der Waals surface area contributed by atoms with Gasteiger partial charge in [-0.05, 0) is 30.2 Å². The molecule has 0 atom stereocenters. The number of carbonyl (C=O) groups excluding carboxylic acids is 2. The molecule has 0 saturated carbocycles. The normalized spacial score (nSPS) is 11.1. The van der Waals surface area contributed by atoms with Crippen LogP contribution in [0.1, 0.15) is 20.8 Å². The first-order chi connectivity index (χ1) is 18.5. The summed E-state index contributed by atoms with van der Waals surface area (Å²) >= 11 is 0. The Labute approximate surface area is 222 Å². The number of halogens is 3. The number of nitrogens with zero attached hydrogens (tertiary/aromatic N) is 4. The van der Waals surface area contributed by atoms with E-state index in [9.17, 15) is 18.0 Å². The SMILES string of the molecule is CC(C)COC(=O)Nc1nc(-c2ccn3c(-c4cccc(NCC(C)(F)F)c4)cnc3c2)ncc1F.NC=O. The van der Waals surface area contributed by atoms with Crippen LogP contribution >= 0.6 is 0 Å². The number of anilines is 2. The minimum Gasteiger partial charge on any atom is -0.449 e. The van der Waals surface area contributed by atoms with Gasteiger partial charge in [-0.25, -0.2) is 32.9 Å². The molecule has 4 aromatic rings. The molecule has 13 heteroatoms. The molecule has 10 nitrogen and oxygen atoms in total. The van der Waals surface area contributed by atoms with Gasteiger partial charge in [0.05, 0.1) is 31.2 Å². The molecule has 0 aliphatic carbocycles. The van der Waals surface area contributed by atoms with E-state index in [0.29, 0.717) is 16.9 Å². The number of nitrogens with two attached hydrogens (primary N) is 1. The van der Waals surface area contributed by atoms with Crippen LogP contribution in [0.15, 0.2) is 55.0 Å². The second-order valence-electron chi connectivity index (χ2n) is 8.94. The number of ether oxygens (including phenoxy) is 1. The zero-order valence-corrected chi connectivity index (χ0v) is 21.5. The van der Waals surface area contributed by atoms with Crippen LogP contribution in [-0.4, -0.2) is 50.9 Å². The van der Waals surface area contributed by atoms with Crippen LogP contribution in [-0.2, 0) is 9.53 Å². The Hall–Kier alpha value is -4.68. The fourth-order valence-corrected chi connectivity index (χ4v) is 3.35. The van der Waals surface area contributed by atoms with Gasteiger partial charge in [-0.3, -0.25) is 14.5 Å². The summed E-state index contributed by atoms with van der Waals surface area (Å²) in [6.45, 7) is 4.34. The van der Waals surface area contributed by atoms with Crippen molar-refractivity contribution in [3.63, 3.8) is 0 Å². The van der Waals surface area contributed by atoms with Gasteiger partial charge in [-0.1, -0.05) is 26.0 Å². The van der Waals surface area contributed by atoms with E-state index in [0.717, 1.165) is 24.4 Å². The lowest BCUT2D eigenvalue weighted by molar-refractivity contribution is -0.106. The van der Waals surface area contributed by atoms with Crippen molar-refractivity contribution in [2.24, 2.45) is 11.7 Å². The standard InChI is InChI=1S/C25H25F3N6O2.CH3NO/c1-15(2)13-36-24(35)33-23-19(26)11-30-22(32-23)17-7-8-34-20(12-29-21(34)10-17)16-5-4-6-18(9-16)31-14-25(3,27)28;2-1-3/h4-12,15,31H,13-14H2,1-3H3,(H,30,32,33,35);1H,(H2,2,3). The first-order valence-electron chi connectivity index (χ1n) is 11.8. The average molecular weight is 544 g/mol. The molecule has 2 amide bonds. The van der Waals surface area contributed by atoms with Gasteiger partial charge in [0.15, 0.2) is 17.5 Å². The maximum atomic E-state index is 14.2. The number of rotatable bonds is 8. The summed E-state index contributed by atoms with van der Waals surface area (Å²) in [4.78, 5) is 33.1. The predicted molar refractivity (Wildman–Crippen MR) is 141 cm³/mol. The van der Waals surface area contributed by atoms with E-state index in [1.54, 1.807) is 42.7 Å². The maximum absolute atomic E-state index is 14.2. The van der Waals surface area contributed by atoms with Gasteiger partial charge in [0.1, 0.15) is 5.65 Å². The number of nitrogens with one attached hydrogen (secondary N) is 2. The molecule has 3 heterocycles. The van der Waals surface area contributed by atoms with E-state index >= 15 is 0 Å². The van der Waals surface area contributed by atoms with Crippen LogP contribution in [0.3, 0.4) is 0 Å². The molecule has 0 fully saturated rings. The third kappa shape index (κ3) is 8.15. The van der Waals surface area contributed by atoms with Crippen molar-refractivity contribution in [3.05, 3.63) is 60.8 Å². The fourth-order valence-electron chi connectivity index (χ4n) is 3.35. The van der Waals surface area contributed by atoms with E-state index in [1.165, 1.54) is 0 Å². The number of pyridine rings is 1. The molecule has 1 aromatic carbocycles. The summed E-state index contributed by atoms with van der Waals surface area (Å²) in [5.74, 6) is -3.60. The molecule has 4 N–H and O–H groups in total. The Morgan fingerprint density at radius 2 is 1.92 bits per heavy atom. The van der Waals surface area contributed by atoms with Crippen LogP contribution < -0.4 is 16.4 Å². The van der Waals surface area contributed by atoms with Crippen LogP contribution in [0.5, 0.6) is 0 Å². The van der Waals surface area contributed by atoms with Crippen molar-refractivity contribution in [2.45, 2.75) is 26.7 Å². The molecule has 39 heavy (non-hydrogen) atoms. The number of hydrogen-bond acceptors (Lipinski definition) is 7. The largest absolute Gasteiger partial charge is 0.449 e. The molecule has 0 aliphatic rings. The first kappa shape index (κ1) is 28.9. The second kappa shape index (κ2) is 12.7. The smallest absolute Gasteiger partial charge is 0.412 e. The number of carbonyl (C=O) groups is 2. The van der Waals surface area contributed by atoms with Gasteiger partial charge in [0.25, 0.3) is 5.92 Å². The molecule has 4 rings (SSSR count). The molecule has 0 unspecified atom stereocenters. The minimum atomic E-state index is -2.83. The lowest BCUT2D eigenvalue weighted by atomic mass is 10.1. The highest BCUT2D eigenvalue weighted by Gasteiger charge is 2.20. The van der Waals surface area contributed by atoms with E-state index in [1.807, 2.05) is 24.3 Å². The van der Waals surface area contributed by atoms with Crippen molar-refractivity contribution in [1.82, 2.24) is 19.4 Å². The predicted octanol–water partition coefficient (Wildman–Crippen LogP) is 4.97. The number of fused-ring (bicyclic) bond motifs is 1. The third-order valence-electron chi connectivity index (χ3n) is 5.05. The molecule has 0 saturated heterocycles. The topological polar surface area (TPSA) is 137 Å². The molecule has 0 aliphatic heterocycles. The Morgan fingerprint density at radius 1 is 1.18 bits per heavy atom. The summed E-state index contributed by atoms with van der Waals surface area (Å²) < 4.78 is 47.4. The minimum absolute atomic E-state index is 0.132. The van der Waals surface area contributed by atoms with Gasteiger partial charge in [-0.15, -0.1) is 0 Å². The van der Waals surface area contributed by atoms with Gasteiger partial charge < -0.3 is 15.8 Å². The number of benzene rings is 1. The van der Waals surface area contributed by atoms with E-state index < -0.39 is 24.4 Å². The number of primary amides is 1.